The average molecular weight is 275 g/mol. The van der Waals surface area contributed by atoms with E-state index in [1.807, 2.05) is 19.1 Å². The highest BCUT2D eigenvalue weighted by atomic mass is 32.2. The number of hydrogen-bond donors (Lipinski definition) is 0. The first-order valence-corrected chi connectivity index (χ1v) is 6.66. The Bertz CT molecular complexity index is 647. The third kappa shape index (κ3) is 3.33. The molecule has 1 nitrogen and oxygen atoms in total. The average Bonchev–Trinajstić information content (AvgIpc) is 2.41. The molecule has 0 saturated heterocycles. The third-order valence-corrected chi connectivity index (χ3v) is 3.80. The van der Waals surface area contributed by atoms with Gasteiger partial charge in [0.1, 0.15) is 0 Å². The highest BCUT2D eigenvalue weighted by Gasteiger charge is 2.05. The van der Waals surface area contributed by atoms with Crippen LogP contribution in [0.1, 0.15) is 16.7 Å². The van der Waals surface area contributed by atoms with Crippen LogP contribution in [0.25, 0.3) is 0 Å². The summed E-state index contributed by atoms with van der Waals surface area (Å²) in [7, 11) is 0. The van der Waals surface area contributed by atoms with Crippen LogP contribution in [-0.2, 0) is 5.75 Å². The van der Waals surface area contributed by atoms with E-state index in [-0.39, 0.29) is 0 Å². The van der Waals surface area contributed by atoms with Crippen molar-refractivity contribution in [3.8, 4) is 6.07 Å². The van der Waals surface area contributed by atoms with Crippen LogP contribution in [0.3, 0.4) is 0 Å². The predicted molar refractivity (Wildman–Crippen MR) is 71.8 cm³/mol. The lowest BCUT2D eigenvalue weighted by Gasteiger charge is -2.06. The van der Waals surface area contributed by atoms with Gasteiger partial charge in [0.25, 0.3) is 0 Å². The maximum Gasteiger partial charge on any atom is 0.159 e. The molecule has 0 spiro atoms. The molecule has 0 bridgehead atoms. The molecular formula is C15H11F2NS. The van der Waals surface area contributed by atoms with E-state index in [0.29, 0.717) is 16.2 Å². The van der Waals surface area contributed by atoms with Gasteiger partial charge < -0.3 is 0 Å². The predicted octanol–water partition coefficient (Wildman–Crippen LogP) is 4.44. The van der Waals surface area contributed by atoms with E-state index in [4.69, 9.17) is 5.26 Å². The second kappa shape index (κ2) is 5.85. The summed E-state index contributed by atoms with van der Waals surface area (Å²) in [4.78, 5) is 0.683. The molecule has 0 unspecified atom stereocenters. The van der Waals surface area contributed by atoms with Crippen molar-refractivity contribution in [3.63, 3.8) is 0 Å². The molecule has 4 heteroatoms. The van der Waals surface area contributed by atoms with Gasteiger partial charge in [0.2, 0.25) is 0 Å². The number of nitriles is 1. The molecule has 0 fully saturated rings. The molecule has 2 rings (SSSR count). The summed E-state index contributed by atoms with van der Waals surface area (Å²) in [6, 6.07) is 11.4. The van der Waals surface area contributed by atoms with E-state index in [9.17, 15) is 8.78 Å². The number of nitrogens with zero attached hydrogens (tertiary/aromatic N) is 1. The van der Waals surface area contributed by atoms with Crippen LogP contribution >= 0.6 is 11.8 Å². The number of benzene rings is 2. The minimum absolute atomic E-state index is 0.624. The number of hydrogen-bond acceptors (Lipinski definition) is 2. The van der Waals surface area contributed by atoms with Crippen molar-refractivity contribution in [3.05, 3.63) is 64.7 Å². The van der Waals surface area contributed by atoms with Crippen LogP contribution in [0.4, 0.5) is 8.78 Å². The van der Waals surface area contributed by atoms with Gasteiger partial charge in [-0.1, -0.05) is 6.07 Å². The second-order valence-corrected chi connectivity index (χ2v) is 5.17. The van der Waals surface area contributed by atoms with E-state index in [0.717, 1.165) is 17.2 Å². The highest BCUT2D eigenvalue weighted by molar-refractivity contribution is 7.98. The Labute approximate surface area is 114 Å². The number of thioether (sulfide) groups is 1. The summed E-state index contributed by atoms with van der Waals surface area (Å²) in [5, 5.41) is 8.78. The Morgan fingerprint density at radius 2 is 1.89 bits per heavy atom. The number of rotatable bonds is 3. The first-order chi connectivity index (χ1) is 9.10. The molecule has 0 aliphatic heterocycles. The van der Waals surface area contributed by atoms with Gasteiger partial charge in [0.05, 0.1) is 11.6 Å². The van der Waals surface area contributed by atoms with Crippen molar-refractivity contribution in [2.24, 2.45) is 0 Å². The Hall–Kier alpha value is -1.86. The molecule has 0 heterocycles. The van der Waals surface area contributed by atoms with Crippen molar-refractivity contribution >= 4 is 11.8 Å². The summed E-state index contributed by atoms with van der Waals surface area (Å²) in [6.45, 7) is 1.93. The SMILES string of the molecule is Cc1cc(C#N)ccc1CSc1ccc(F)c(F)c1. The first-order valence-electron chi connectivity index (χ1n) is 5.67. The van der Waals surface area contributed by atoms with Crippen molar-refractivity contribution in [2.75, 3.05) is 0 Å². The standard InChI is InChI=1S/C15H11F2NS/c1-10-6-11(8-18)2-3-12(10)9-19-13-4-5-14(16)15(17)7-13/h2-7H,9H2,1H3. The molecule has 0 N–H and O–H groups in total. The molecule has 0 aliphatic rings. The molecule has 0 saturated carbocycles. The first kappa shape index (κ1) is 13.6. The van der Waals surface area contributed by atoms with Crippen LogP contribution in [0, 0.1) is 29.9 Å². The van der Waals surface area contributed by atoms with Crippen LogP contribution in [0.5, 0.6) is 0 Å². The minimum atomic E-state index is -0.834. The van der Waals surface area contributed by atoms with Crippen LogP contribution < -0.4 is 0 Å². The van der Waals surface area contributed by atoms with Gasteiger partial charge in [0.15, 0.2) is 11.6 Å². The zero-order chi connectivity index (χ0) is 13.8. The zero-order valence-corrected chi connectivity index (χ0v) is 11.1. The summed E-state index contributed by atoms with van der Waals surface area (Å²) in [5.74, 6) is -1.01. The fourth-order valence-electron chi connectivity index (χ4n) is 1.66. The largest absolute Gasteiger partial charge is 0.204 e. The Balaban J connectivity index is 2.10. The molecular weight excluding hydrogens is 264 g/mol. The van der Waals surface area contributed by atoms with Gasteiger partial charge in [-0.15, -0.1) is 11.8 Å². The van der Waals surface area contributed by atoms with Gasteiger partial charge in [0, 0.05) is 10.6 Å². The molecule has 19 heavy (non-hydrogen) atoms. The smallest absolute Gasteiger partial charge is 0.159 e. The lowest BCUT2D eigenvalue weighted by Crippen LogP contribution is -1.89. The zero-order valence-electron chi connectivity index (χ0n) is 10.3. The maximum absolute atomic E-state index is 13.1. The van der Waals surface area contributed by atoms with Crippen LogP contribution in [0.2, 0.25) is 0 Å². The van der Waals surface area contributed by atoms with Gasteiger partial charge >= 0.3 is 0 Å². The molecule has 2 aromatic carbocycles. The van der Waals surface area contributed by atoms with Crippen LogP contribution in [0.15, 0.2) is 41.3 Å². The summed E-state index contributed by atoms with van der Waals surface area (Å²) >= 11 is 1.43. The highest BCUT2D eigenvalue weighted by Crippen LogP contribution is 2.26. The lowest BCUT2D eigenvalue weighted by molar-refractivity contribution is 0.506. The van der Waals surface area contributed by atoms with E-state index in [2.05, 4.69) is 6.07 Å². The van der Waals surface area contributed by atoms with Crippen molar-refractivity contribution < 1.29 is 8.78 Å². The topological polar surface area (TPSA) is 23.8 Å². The van der Waals surface area contributed by atoms with Crippen LogP contribution in [-0.4, -0.2) is 0 Å². The Morgan fingerprint density at radius 3 is 2.53 bits per heavy atom. The van der Waals surface area contributed by atoms with Gasteiger partial charge in [-0.3, -0.25) is 0 Å². The van der Waals surface area contributed by atoms with E-state index >= 15 is 0 Å². The van der Waals surface area contributed by atoms with E-state index < -0.39 is 11.6 Å². The number of aryl methyl sites for hydroxylation is 1. The summed E-state index contributed by atoms with van der Waals surface area (Å²) in [5.41, 5.74) is 2.72. The molecule has 96 valence electrons. The van der Waals surface area contributed by atoms with Gasteiger partial charge in [-0.25, -0.2) is 8.78 Å². The van der Waals surface area contributed by atoms with E-state index in [1.54, 1.807) is 12.1 Å². The fourth-order valence-corrected chi connectivity index (χ4v) is 2.65. The third-order valence-electron chi connectivity index (χ3n) is 2.76. The summed E-state index contributed by atoms with van der Waals surface area (Å²) in [6.07, 6.45) is 0. The Morgan fingerprint density at radius 1 is 1.11 bits per heavy atom. The summed E-state index contributed by atoms with van der Waals surface area (Å²) < 4.78 is 25.9. The van der Waals surface area contributed by atoms with Gasteiger partial charge in [-0.2, -0.15) is 5.26 Å². The minimum Gasteiger partial charge on any atom is -0.204 e. The fraction of sp³-hybridized carbons (Fsp3) is 0.133. The second-order valence-electron chi connectivity index (χ2n) is 4.12. The molecule has 0 amide bonds. The molecule has 0 atom stereocenters. The molecule has 0 aliphatic carbocycles. The van der Waals surface area contributed by atoms with Crippen molar-refractivity contribution in [2.45, 2.75) is 17.6 Å². The quantitative estimate of drug-likeness (QED) is 0.773. The van der Waals surface area contributed by atoms with Crippen molar-refractivity contribution in [1.82, 2.24) is 0 Å². The lowest BCUT2D eigenvalue weighted by atomic mass is 10.1. The van der Waals surface area contributed by atoms with Gasteiger partial charge in [-0.05, 0) is 48.4 Å². The number of halogens is 2. The maximum atomic E-state index is 13.1. The molecule has 0 aromatic heterocycles. The van der Waals surface area contributed by atoms with E-state index in [1.165, 1.54) is 17.8 Å². The molecule has 0 radical (unpaired) electrons. The monoisotopic (exact) mass is 275 g/mol. The van der Waals surface area contributed by atoms with Crippen molar-refractivity contribution in [1.29, 1.82) is 5.26 Å². The molecule has 2 aromatic rings. The Kier molecular flexibility index (Phi) is 4.18. The normalized spacial score (nSPS) is 10.2.